The second-order valence-corrected chi connectivity index (χ2v) is 14.0. The lowest BCUT2D eigenvalue weighted by Gasteiger charge is -2.28. The Kier molecular flexibility index (Phi) is 10.4. The number of nitrogens with one attached hydrogen (secondary N) is 1. The van der Waals surface area contributed by atoms with E-state index in [0.717, 1.165) is 42.5 Å². The highest BCUT2D eigenvalue weighted by Crippen LogP contribution is 2.33. The molecule has 0 aliphatic rings. The number of amides is 1. The highest BCUT2D eigenvalue weighted by Gasteiger charge is 2.40. The number of sulfone groups is 1. The summed E-state index contributed by atoms with van der Waals surface area (Å²) in [4.78, 5) is 23.1. The Labute approximate surface area is 247 Å². The molecule has 216 valence electrons. The van der Waals surface area contributed by atoms with Gasteiger partial charge in [0.15, 0.2) is 9.84 Å². The van der Waals surface area contributed by atoms with Crippen molar-refractivity contribution in [2.24, 2.45) is 5.92 Å². The fourth-order valence-corrected chi connectivity index (χ4v) is 4.98. The molecular weight excluding hydrogens is 571 g/mol. The summed E-state index contributed by atoms with van der Waals surface area (Å²) in [6.07, 6.45) is 4.97. The van der Waals surface area contributed by atoms with Crippen molar-refractivity contribution in [3.8, 4) is 11.5 Å². The van der Waals surface area contributed by atoms with Crippen LogP contribution >= 0.6 is 23.2 Å². The van der Waals surface area contributed by atoms with Crippen LogP contribution in [0.1, 0.15) is 44.9 Å². The van der Waals surface area contributed by atoms with Crippen LogP contribution < -0.4 is 10.1 Å². The van der Waals surface area contributed by atoms with Crippen LogP contribution in [-0.2, 0) is 21.1 Å². The van der Waals surface area contributed by atoms with Crippen LogP contribution in [0, 0.1) is 12.8 Å². The molecule has 1 unspecified atom stereocenters. The lowest BCUT2D eigenvalue weighted by Crippen LogP contribution is -2.48. The fourth-order valence-electron chi connectivity index (χ4n) is 4.10. The van der Waals surface area contributed by atoms with Crippen molar-refractivity contribution >= 4 is 50.5 Å². The fraction of sp³-hybridized carbons (Fsp3) is 0.414. The van der Waals surface area contributed by atoms with Gasteiger partial charge in [-0.3, -0.25) is 4.79 Å². The molecule has 0 aliphatic carbocycles. The van der Waals surface area contributed by atoms with Crippen LogP contribution in [0.15, 0.2) is 48.8 Å². The van der Waals surface area contributed by atoms with Gasteiger partial charge in [0, 0.05) is 41.8 Å². The predicted molar refractivity (Wildman–Crippen MR) is 162 cm³/mol. The van der Waals surface area contributed by atoms with Gasteiger partial charge >= 0.3 is 0 Å². The Morgan fingerprint density at radius 3 is 2.52 bits per heavy atom. The van der Waals surface area contributed by atoms with E-state index in [0.29, 0.717) is 39.8 Å². The largest absolute Gasteiger partial charge is 0.456 e. The van der Waals surface area contributed by atoms with Crippen molar-refractivity contribution in [1.82, 2.24) is 14.9 Å². The molecule has 0 aliphatic heterocycles. The third-order valence-corrected chi connectivity index (χ3v) is 9.49. The molecule has 1 aromatic heterocycles. The van der Waals surface area contributed by atoms with Crippen LogP contribution in [-0.4, -0.2) is 53.8 Å². The van der Waals surface area contributed by atoms with E-state index in [2.05, 4.69) is 22.2 Å². The number of benzene rings is 2. The highest BCUT2D eigenvalue weighted by molar-refractivity contribution is 7.92. The first-order valence-corrected chi connectivity index (χ1v) is 15.6. The average Bonchev–Trinajstić information content (AvgIpc) is 2.87. The van der Waals surface area contributed by atoms with Crippen LogP contribution in [0.2, 0.25) is 10.0 Å². The summed E-state index contributed by atoms with van der Waals surface area (Å²) in [5, 5.41) is 4.33. The summed E-state index contributed by atoms with van der Waals surface area (Å²) in [6.45, 7) is 7.49. The molecule has 3 rings (SSSR count). The van der Waals surface area contributed by atoms with Crippen molar-refractivity contribution in [3.63, 3.8) is 0 Å². The number of anilines is 2. The minimum atomic E-state index is -3.51. The van der Waals surface area contributed by atoms with Gasteiger partial charge < -0.3 is 15.0 Å². The van der Waals surface area contributed by atoms with Gasteiger partial charge in [-0.2, -0.15) is 0 Å². The molecule has 1 heterocycles. The second-order valence-electron chi connectivity index (χ2n) is 10.6. The molecule has 0 radical (unpaired) electrons. The van der Waals surface area contributed by atoms with Crippen LogP contribution in [0.25, 0.3) is 0 Å². The molecule has 3 aromatic rings. The van der Waals surface area contributed by atoms with E-state index in [-0.39, 0.29) is 0 Å². The molecule has 8 nitrogen and oxygen atoms in total. The van der Waals surface area contributed by atoms with Gasteiger partial charge in [-0.1, -0.05) is 36.2 Å². The zero-order valence-electron chi connectivity index (χ0n) is 23.7. The number of rotatable bonds is 12. The molecule has 0 saturated carbocycles. The Hall–Kier alpha value is -2.88. The number of hydrogen-bond donors (Lipinski definition) is 1. The van der Waals surface area contributed by atoms with Crippen LogP contribution in [0.5, 0.6) is 11.5 Å². The van der Waals surface area contributed by atoms with E-state index in [4.69, 9.17) is 27.9 Å². The maximum Gasteiger partial charge on any atom is 0.243 e. The molecular formula is C29H36Cl2N4O4S. The Balaban J connectivity index is 1.58. The molecule has 0 spiro atoms. The smallest absolute Gasteiger partial charge is 0.243 e. The minimum Gasteiger partial charge on any atom is -0.456 e. The Morgan fingerprint density at radius 2 is 1.88 bits per heavy atom. The predicted octanol–water partition coefficient (Wildman–Crippen LogP) is 6.87. The lowest BCUT2D eigenvalue weighted by atomic mass is 9.97. The lowest BCUT2D eigenvalue weighted by molar-refractivity contribution is -0.131. The van der Waals surface area contributed by atoms with E-state index in [1.54, 1.807) is 43.4 Å². The summed E-state index contributed by atoms with van der Waals surface area (Å²) < 4.78 is 28.4. The van der Waals surface area contributed by atoms with Crippen molar-refractivity contribution in [2.45, 2.75) is 51.7 Å². The minimum absolute atomic E-state index is 0.297. The van der Waals surface area contributed by atoms with Gasteiger partial charge in [0.2, 0.25) is 5.91 Å². The normalized spacial score (nSPS) is 12.6. The number of halogens is 2. The zero-order valence-corrected chi connectivity index (χ0v) is 26.0. The van der Waals surface area contributed by atoms with Gasteiger partial charge in [-0.05, 0) is 82.3 Å². The molecule has 1 N–H and O–H groups in total. The van der Waals surface area contributed by atoms with Gasteiger partial charge in [-0.25, -0.2) is 18.4 Å². The van der Waals surface area contributed by atoms with Crippen molar-refractivity contribution in [1.29, 1.82) is 0 Å². The summed E-state index contributed by atoms with van der Waals surface area (Å²) in [5.41, 5.74) is 2.63. The maximum atomic E-state index is 12.6. The molecule has 0 fully saturated rings. The van der Waals surface area contributed by atoms with E-state index < -0.39 is 20.5 Å². The van der Waals surface area contributed by atoms with Crippen molar-refractivity contribution in [3.05, 3.63) is 70.1 Å². The SMILES string of the molecule is Cc1c(CC(C)CCCN(C)C(=O)C(C)(C)S(C)(=O)=O)ncnc1Nc1ccc(Oc2cccc(Cl)c2)c(Cl)c1. The molecule has 0 saturated heterocycles. The first kappa shape index (κ1) is 31.6. The third kappa shape index (κ3) is 8.08. The van der Waals surface area contributed by atoms with E-state index >= 15 is 0 Å². The summed E-state index contributed by atoms with van der Waals surface area (Å²) in [7, 11) is -1.86. The van der Waals surface area contributed by atoms with E-state index in [1.807, 2.05) is 13.0 Å². The van der Waals surface area contributed by atoms with Gasteiger partial charge in [0.1, 0.15) is 28.4 Å². The summed E-state index contributed by atoms with van der Waals surface area (Å²) in [5.74, 6) is 1.69. The number of hydrogen-bond acceptors (Lipinski definition) is 7. The molecule has 1 amide bonds. The summed E-state index contributed by atoms with van der Waals surface area (Å²) in [6, 6.07) is 12.5. The molecule has 1 atom stereocenters. The Morgan fingerprint density at radius 1 is 1.15 bits per heavy atom. The van der Waals surface area contributed by atoms with Gasteiger partial charge in [0.25, 0.3) is 0 Å². The number of carbonyl (C=O) groups excluding carboxylic acids is 1. The van der Waals surface area contributed by atoms with Gasteiger partial charge in [-0.15, -0.1) is 0 Å². The van der Waals surface area contributed by atoms with Crippen LogP contribution in [0.3, 0.4) is 0 Å². The molecule has 11 heteroatoms. The first-order valence-electron chi connectivity index (χ1n) is 12.9. The monoisotopic (exact) mass is 606 g/mol. The topological polar surface area (TPSA) is 101 Å². The zero-order chi connectivity index (χ0) is 29.7. The van der Waals surface area contributed by atoms with Crippen molar-refractivity contribution in [2.75, 3.05) is 25.2 Å². The van der Waals surface area contributed by atoms with Crippen molar-refractivity contribution < 1.29 is 17.9 Å². The number of ether oxygens (including phenoxy) is 1. The number of aromatic nitrogens is 2. The first-order chi connectivity index (χ1) is 18.7. The highest BCUT2D eigenvalue weighted by atomic mass is 35.5. The third-order valence-electron chi connectivity index (χ3n) is 6.93. The quantitative estimate of drug-likeness (QED) is 0.240. The average molecular weight is 608 g/mol. The standard InChI is InChI=1S/C29H36Cl2N4O4S/c1-19(9-8-14-35(5)28(36)29(3,4)40(6,37)38)15-25-20(2)27(33-18-32-25)34-22-12-13-26(24(31)17-22)39-23-11-7-10-21(30)16-23/h7,10-13,16-19H,8-9,14-15H2,1-6H3,(H,32,33,34). The maximum absolute atomic E-state index is 12.6. The van der Waals surface area contributed by atoms with E-state index in [9.17, 15) is 13.2 Å². The molecule has 40 heavy (non-hydrogen) atoms. The van der Waals surface area contributed by atoms with Crippen LogP contribution in [0.4, 0.5) is 11.5 Å². The Bertz CT molecular complexity index is 1460. The second kappa shape index (κ2) is 13.2. The number of nitrogens with zero attached hydrogens (tertiary/aromatic N) is 3. The number of carbonyl (C=O) groups is 1. The van der Waals surface area contributed by atoms with Gasteiger partial charge in [0.05, 0.1) is 5.02 Å². The summed E-state index contributed by atoms with van der Waals surface area (Å²) >= 11 is 12.5. The molecule has 0 bridgehead atoms. The molecule has 2 aromatic carbocycles. The van der Waals surface area contributed by atoms with E-state index in [1.165, 1.54) is 25.1 Å².